The molecule has 1 aliphatic heterocycles. The summed E-state index contributed by atoms with van der Waals surface area (Å²) in [5, 5.41) is 8.16. The highest BCUT2D eigenvalue weighted by Crippen LogP contribution is 2.33. The Bertz CT molecular complexity index is 777. The minimum atomic E-state index is -3.45. The van der Waals surface area contributed by atoms with Crippen molar-refractivity contribution in [2.24, 2.45) is 0 Å². The van der Waals surface area contributed by atoms with E-state index in [4.69, 9.17) is 16.0 Å². The van der Waals surface area contributed by atoms with Crippen LogP contribution in [-0.2, 0) is 10.0 Å². The van der Waals surface area contributed by atoms with Crippen molar-refractivity contribution in [1.29, 1.82) is 0 Å². The predicted octanol–water partition coefficient (Wildman–Crippen LogP) is 3.48. The van der Waals surface area contributed by atoms with E-state index in [-0.39, 0.29) is 11.8 Å². The maximum Gasteiger partial charge on any atom is 0.252 e. The lowest BCUT2D eigenvalue weighted by atomic mass is 9.98. The SMILES string of the molecule is CC(C)c1nnc(C2CCN(S(=O)(=O)c3ccc(Cl)s3)CC2)o1. The maximum absolute atomic E-state index is 12.6. The van der Waals surface area contributed by atoms with Gasteiger partial charge in [0.05, 0.1) is 4.34 Å². The van der Waals surface area contributed by atoms with Crippen LogP contribution in [0.3, 0.4) is 0 Å². The molecule has 0 spiro atoms. The van der Waals surface area contributed by atoms with E-state index in [1.807, 2.05) is 13.8 Å². The smallest absolute Gasteiger partial charge is 0.252 e. The van der Waals surface area contributed by atoms with Crippen LogP contribution in [-0.4, -0.2) is 36.0 Å². The van der Waals surface area contributed by atoms with Gasteiger partial charge in [0.15, 0.2) is 0 Å². The number of halogens is 1. The Morgan fingerprint density at radius 3 is 2.52 bits per heavy atom. The van der Waals surface area contributed by atoms with E-state index in [1.54, 1.807) is 12.1 Å². The summed E-state index contributed by atoms with van der Waals surface area (Å²) in [5.74, 6) is 1.56. The number of piperidine rings is 1. The highest BCUT2D eigenvalue weighted by atomic mass is 35.5. The summed E-state index contributed by atoms with van der Waals surface area (Å²) >= 11 is 6.93. The van der Waals surface area contributed by atoms with Gasteiger partial charge in [0.1, 0.15) is 4.21 Å². The maximum atomic E-state index is 12.6. The van der Waals surface area contributed by atoms with E-state index in [1.165, 1.54) is 4.31 Å². The molecule has 126 valence electrons. The molecule has 0 radical (unpaired) electrons. The van der Waals surface area contributed by atoms with E-state index >= 15 is 0 Å². The molecule has 1 saturated heterocycles. The summed E-state index contributed by atoms with van der Waals surface area (Å²) in [4.78, 5) is 0. The second-order valence-corrected chi connectivity index (χ2v) is 9.75. The average Bonchev–Trinajstić information content (AvgIpc) is 3.16. The molecule has 0 aromatic carbocycles. The Morgan fingerprint density at radius 1 is 1.30 bits per heavy atom. The zero-order valence-corrected chi connectivity index (χ0v) is 15.3. The normalized spacial score (nSPS) is 17.9. The molecule has 3 rings (SSSR count). The third-order valence-corrected chi connectivity index (χ3v) is 7.49. The first-order chi connectivity index (χ1) is 10.9. The third-order valence-electron chi connectivity index (χ3n) is 3.90. The zero-order valence-electron chi connectivity index (χ0n) is 12.9. The van der Waals surface area contributed by atoms with Crippen molar-refractivity contribution in [3.05, 3.63) is 28.3 Å². The number of hydrogen-bond donors (Lipinski definition) is 0. The van der Waals surface area contributed by atoms with Crippen molar-refractivity contribution in [3.63, 3.8) is 0 Å². The standard InChI is InChI=1S/C14H18ClN3O3S2/c1-9(2)13-16-17-14(21-13)10-5-7-18(8-6-10)23(19,20)12-4-3-11(15)22-12/h3-4,9-10H,5-8H2,1-2H3. The molecule has 1 fully saturated rings. The van der Waals surface area contributed by atoms with Gasteiger partial charge in [-0.05, 0) is 25.0 Å². The molecule has 3 heterocycles. The Balaban J connectivity index is 1.68. The molecule has 0 bridgehead atoms. The highest BCUT2D eigenvalue weighted by molar-refractivity contribution is 7.91. The van der Waals surface area contributed by atoms with Crippen LogP contribution in [0.25, 0.3) is 0 Å². The van der Waals surface area contributed by atoms with Crippen LogP contribution in [0, 0.1) is 0 Å². The highest BCUT2D eigenvalue weighted by Gasteiger charge is 2.32. The van der Waals surface area contributed by atoms with Gasteiger partial charge in [-0.3, -0.25) is 0 Å². The molecule has 1 aliphatic rings. The minimum absolute atomic E-state index is 0.119. The van der Waals surface area contributed by atoms with Gasteiger partial charge >= 0.3 is 0 Å². The lowest BCUT2D eigenvalue weighted by Gasteiger charge is -2.29. The lowest BCUT2D eigenvalue weighted by Crippen LogP contribution is -2.37. The molecular weight excluding hydrogens is 358 g/mol. The van der Waals surface area contributed by atoms with Crippen LogP contribution in [0.1, 0.15) is 50.3 Å². The first kappa shape index (κ1) is 16.9. The van der Waals surface area contributed by atoms with Gasteiger partial charge in [-0.2, -0.15) is 4.31 Å². The summed E-state index contributed by atoms with van der Waals surface area (Å²) in [6.45, 7) is 4.89. The second-order valence-electron chi connectivity index (χ2n) is 5.87. The predicted molar refractivity (Wildman–Crippen MR) is 88.4 cm³/mol. The van der Waals surface area contributed by atoms with Gasteiger partial charge in [-0.1, -0.05) is 25.4 Å². The van der Waals surface area contributed by atoms with E-state index in [2.05, 4.69) is 10.2 Å². The molecule has 0 atom stereocenters. The van der Waals surface area contributed by atoms with Gasteiger partial charge in [0, 0.05) is 24.9 Å². The summed E-state index contributed by atoms with van der Waals surface area (Å²) in [5.41, 5.74) is 0. The van der Waals surface area contributed by atoms with Crippen molar-refractivity contribution in [3.8, 4) is 0 Å². The zero-order chi connectivity index (χ0) is 16.6. The Hall–Kier alpha value is -0.960. The molecule has 9 heteroatoms. The number of rotatable bonds is 4. The van der Waals surface area contributed by atoms with Crippen molar-refractivity contribution in [2.75, 3.05) is 13.1 Å². The molecule has 0 amide bonds. The summed E-state index contributed by atoms with van der Waals surface area (Å²) < 4.78 is 33.1. The molecule has 6 nitrogen and oxygen atoms in total. The summed E-state index contributed by atoms with van der Waals surface area (Å²) in [6, 6.07) is 3.17. The fraction of sp³-hybridized carbons (Fsp3) is 0.571. The third kappa shape index (κ3) is 3.45. The average molecular weight is 376 g/mol. The Kier molecular flexibility index (Phi) is 4.78. The molecule has 0 unspecified atom stereocenters. The quantitative estimate of drug-likeness (QED) is 0.817. The Morgan fingerprint density at radius 2 is 2.00 bits per heavy atom. The van der Waals surface area contributed by atoms with Crippen molar-refractivity contribution < 1.29 is 12.8 Å². The van der Waals surface area contributed by atoms with Crippen LogP contribution >= 0.6 is 22.9 Å². The fourth-order valence-electron chi connectivity index (χ4n) is 2.55. The topological polar surface area (TPSA) is 76.3 Å². The van der Waals surface area contributed by atoms with E-state index in [9.17, 15) is 8.42 Å². The van der Waals surface area contributed by atoms with Crippen LogP contribution in [0.4, 0.5) is 0 Å². The van der Waals surface area contributed by atoms with Crippen LogP contribution < -0.4 is 0 Å². The van der Waals surface area contributed by atoms with Crippen LogP contribution in [0.15, 0.2) is 20.8 Å². The monoisotopic (exact) mass is 375 g/mol. The van der Waals surface area contributed by atoms with Crippen LogP contribution in [0.5, 0.6) is 0 Å². The number of thiophene rings is 1. The molecular formula is C14H18ClN3O3S2. The largest absolute Gasteiger partial charge is 0.425 e. The van der Waals surface area contributed by atoms with Crippen LogP contribution in [0.2, 0.25) is 4.34 Å². The summed E-state index contributed by atoms with van der Waals surface area (Å²) in [7, 11) is -3.45. The molecule has 0 N–H and O–H groups in total. The molecule has 0 aliphatic carbocycles. The first-order valence-corrected chi connectivity index (χ1v) is 10.1. The van der Waals surface area contributed by atoms with E-state index < -0.39 is 10.0 Å². The second kappa shape index (κ2) is 6.51. The van der Waals surface area contributed by atoms with Gasteiger partial charge in [-0.15, -0.1) is 21.5 Å². The van der Waals surface area contributed by atoms with Gasteiger partial charge in [0.2, 0.25) is 11.8 Å². The van der Waals surface area contributed by atoms with E-state index in [0.29, 0.717) is 46.3 Å². The first-order valence-electron chi connectivity index (χ1n) is 7.46. The van der Waals surface area contributed by atoms with Gasteiger partial charge in [-0.25, -0.2) is 8.42 Å². The summed E-state index contributed by atoms with van der Waals surface area (Å²) in [6.07, 6.45) is 1.36. The van der Waals surface area contributed by atoms with Gasteiger partial charge < -0.3 is 4.42 Å². The molecule has 0 saturated carbocycles. The number of hydrogen-bond acceptors (Lipinski definition) is 6. The number of nitrogens with zero attached hydrogens (tertiary/aromatic N) is 3. The van der Waals surface area contributed by atoms with E-state index in [0.717, 1.165) is 11.3 Å². The molecule has 2 aromatic rings. The number of aromatic nitrogens is 2. The fourth-order valence-corrected chi connectivity index (χ4v) is 5.66. The minimum Gasteiger partial charge on any atom is -0.425 e. The van der Waals surface area contributed by atoms with Crippen molar-refractivity contribution in [1.82, 2.24) is 14.5 Å². The van der Waals surface area contributed by atoms with Crippen molar-refractivity contribution in [2.45, 2.75) is 42.7 Å². The van der Waals surface area contributed by atoms with Gasteiger partial charge in [0.25, 0.3) is 10.0 Å². The lowest BCUT2D eigenvalue weighted by molar-refractivity contribution is 0.285. The number of sulfonamides is 1. The molecule has 2 aromatic heterocycles. The Labute approximate surface area is 144 Å². The van der Waals surface area contributed by atoms with Crippen molar-refractivity contribution >= 4 is 33.0 Å². The molecule has 23 heavy (non-hydrogen) atoms.